The fraction of sp³-hybridized carbons (Fsp3) is 0.174. The highest BCUT2D eigenvalue weighted by atomic mass is 16.3. The zero-order valence-corrected chi connectivity index (χ0v) is 17.3. The maximum atomic E-state index is 12.1. The Balaban J connectivity index is 1.81. The number of hydrogen-bond acceptors (Lipinski definition) is 7. The number of nitrogens with zero attached hydrogens (tertiary/aromatic N) is 1. The smallest absolute Gasteiger partial charge is 0.261 e. The van der Waals surface area contributed by atoms with E-state index in [0.717, 1.165) is 0 Å². The van der Waals surface area contributed by atoms with E-state index in [-0.39, 0.29) is 47.6 Å². The molecule has 9 heteroatoms. The van der Waals surface area contributed by atoms with Crippen LogP contribution in [-0.2, 0) is 9.59 Å². The van der Waals surface area contributed by atoms with Crippen molar-refractivity contribution in [1.82, 2.24) is 10.6 Å². The van der Waals surface area contributed by atoms with E-state index in [0.29, 0.717) is 23.1 Å². The Morgan fingerprint density at radius 3 is 1.84 bits per heavy atom. The van der Waals surface area contributed by atoms with Crippen molar-refractivity contribution in [1.29, 1.82) is 5.26 Å². The Kier molecular flexibility index (Phi) is 8.25. The van der Waals surface area contributed by atoms with Crippen molar-refractivity contribution < 1.29 is 30.0 Å². The van der Waals surface area contributed by atoms with E-state index in [4.69, 9.17) is 0 Å². The fourth-order valence-electron chi connectivity index (χ4n) is 2.62. The summed E-state index contributed by atoms with van der Waals surface area (Å²) in [5.41, 5.74) is 1.16. The summed E-state index contributed by atoms with van der Waals surface area (Å²) in [5, 5.41) is 52.1. The number of rotatable bonds is 8. The monoisotopic (exact) mass is 437 g/mol. The summed E-state index contributed by atoms with van der Waals surface area (Å²) in [4.78, 5) is 24.3. The second-order valence-electron chi connectivity index (χ2n) is 6.86. The highest BCUT2D eigenvalue weighted by molar-refractivity contribution is 6.01. The van der Waals surface area contributed by atoms with Crippen LogP contribution in [0.2, 0.25) is 0 Å². The third-order valence-corrected chi connectivity index (χ3v) is 4.34. The van der Waals surface area contributed by atoms with E-state index >= 15 is 0 Å². The predicted molar refractivity (Wildman–Crippen MR) is 117 cm³/mol. The van der Waals surface area contributed by atoms with Gasteiger partial charge in [0.1, 0.15) is 11.6 Å². The third kappa shape index (κ3) is 6.81. The molecule has 0 aliphatic heterocycles. The summed E-state index contributed by atoms with van der Waals surface area (Å²) in [6.45, 7) is 2.10. The van der Waals surface area contributed by atoms with E-state index in [1.54, 1.807) is 25.1 Å². The number of amides is 2. The number of hydrogen-bond donors (Lipinski definition) is 6. The van der Waals surface area contributed by atoms with Gasteiger partial charge in [-0.3, -0.25) is 9.59 Å². The summed E-state index contributed by atoms with van der Waals surface area (Å²) in [5.74, 6) is -2.13. The Labute approximate surface area is 184 Å². The molecule has 0 atom stereocenters. The van der Waals surface area contributed by atoms with Crippen LogP contribution in [0.4, 0.5) is 0 Å². The molecule has 32 heavy (non-hydrogen) atoms. The van der Waals surface area contributed by atoms with Crippen LogP contribution in [-0.4, -0.2) is 45.3 Å². The lowest BCUT2D eigenvalue weighted by molar-refractivity contribution is -0.117. The molecule has 0 saturated carbocycles. The summed E-state index contributed by atoms with van der Waals surface area (Å²) >= 11 is 0. The molecule has 0 fully saturated rings. The minimum atomic E-state index is -0.602. The van der Waals surface area contributed by atoms with Gasteiger partial charge >= 0.3 is 0 Å². The van der Waals surface area contributed by atoms with Gasteiger partial charge in [-0.2, -0.15) is 5.26 Å². The maximum Gasteiger partial charge on any atom is 0.261 e. The third-order valence-electron chi connectivity index (χ3n) is 4.34. The van der Waals surface area contributed by atoms with Gasteiger partial charge in [-0.25, -0.2) is 0 Å². The lowest BCUT2D eigenvalue weighted by atomic mass is 10.1. The number of aromatic hydroxyl groups is 4. The van der Waals surface area contributed by atoms with Crippen LogP contribution in [0.25, 0.3) is 12.2 Å². The fourth-order valence-corrected chi connectivity index (χ4v) is 2.62. The largest absolute Gasteiger partial charge is 0.504 e. The number of carbonyl (C=O) groups excluding carboxylic acids is 2. The number of phenols is 4. The first-order chi connectivity index (χ1) is 15.2. The molecule has 0 saturated heterocycles. The van der Waals surface area contributed by atoms with Crippen molar-refractivity contribution in [2.75, 3.05) is 13.1 Å². The molecule has 2 aromatic rings. The van der Waals surface area contributed by atoms with E-state index in [1.807, 2.05) is 0 Å². The average Bonchev–Trinajstić information content (AvgIpc) is 2.76. The lowest BCUT2D eigenvalue weighted by Gasteiger charge is -2.07. The highest BCUT2D eigenvalue weighted by Crippen LogP contribution is 2.26. The number of carbonyl (C=O) groups is 2. The van der Waals surface area contributed by atoms with Crippen LogP contribution in [0.5, 0.6) is 23.0 Å². The first-order valence-corrected chi connectivity index (χ1v) is 9.61. The van der Waals surface area contributed by atoms with Gasteiger partial charge in [0.2, 0.25) is 5.91 Å². The van der Waals surface area contributed by atoms with Crippen molar-refractivity contribution >= 4 is 24.0 Å². The van der Waals surface area contributed by atoms with Crippen molar-refractivity contribution in [3.8, 4) is 29.1 Å². The Bertz CT molecular complexity index is 1120. The molecule has 9 nitrogen and oxygen atoms in total. The second-order valence-corrected chi connectivity index (χ2v) is 6.86. The predicted octanol–water partition coefficient (Wildman–Crippen LogP) is 2.14. The number of nitriles is 1. The van der Waals surface area contributed by atoms with Crippen molar-refractivity contribution in [2.24, 2.45) is 0 Å². The Morgan fingerprint density at radius 1 is 0.844 bits per heavy atom. The standard InChI is InChI=1S/C23H23N3O6/c1-14(9-15-3-5-18(27)20(29)11-15)22(31)25-7-2-8-26-23(32)17(13-24)10-16-4-6-19(28)21(30)12-16/h3-6,9-12,27-30H,2,7-8H2,1H3,(H,25,31)(H,26,32)/b14-9+,17-10+. The molecule has 0 heterocycles. The van der Waals surface area contributed by atoms with Gasteiger partial charge in [0.15, 0.2) is 23.0 Å². The number of benzene rings is 2. The molecule has 2 rings (SSSR count). The lowest BCUT2D eigenvalue weighted by Crippen LogP contribution is -2.30. The molecular weight excluding hydrogens is 414 g/mol. The quantitative estimate of drug-likeness (QED) is 0.159. The average molecular weight is 437 g/mol. The van der Waals surface area contributed by atoms with Crippen LogP contribution in [0.15, 0.2) is 47.5 Å². The summed E-state index contributed by atoms with van der Waals surface area (Å²) < 4.78 is 0. The van der Waals surface area contributed by atoms with E-state index < -0.39 is 5.91 Å². The van der Waals surface area contributed by atoms with Gasteiger partial charge in [-0.1, -0.05) is 12.1 Å². The zero-order chi connectivity index (χ0) is 23.7. The molecule has 2 amide bonds. The topological polar surface area (TPSA) is 163 Å². The van der Waals surface area contributed by atoms with Crippen LogP contribution in [0.1, 0.15) is 24.5 Å². The van der Waals surface area contributed by atoms with Crippen LogP contribution >= 0.6 is 0 Å². The van der Waals surface area contributed by atoms with E-state index in [1.165, 1.54) is 36.4 Å². The van der Waals surface area contributed by atoms with Crippen molar-refractivity contribution in [3.63, 3.8) is 0 Å². The Hall–Kier alpha value is -4.45. The SMILES string of the molecule is C/C(=C\c1ccc(O)c(O)c1)C(=O)NCCCNC(=O)/C(C#N)=C/c1ccc(O)c(O)c1. The molecule has 0 aliphatic carbocycles. The number of phenolic OH excluding ortho intramolecular Hbond substituents is 4. The van der Waals surface area contributed by atoms with Crippen LogP contribution in [0, 0.1) is 11.3 Å². The number of nitrogens with one attached hydrogen (secondary N) is 2. The normalized spacial score (nSPS) is 11.5. The molecule has 0 bridgehead atoms. The molecule has 0 radical (unpaired) electrons. The van der Waals surface area contributed by atoms with Gasteiger partial charge in [0.25, 0.3) is 5.91 Å². The second kappa shape index (κ2) is 11.1. The summed E-state index contributed by atoms with van der Waals surface area (Å²) in [6.07, 6.45) is 3.26. The zero-order valence-electron chi connectivity index (χ0n) is 17.3. The minimum absolute atomic E-state index is 0.171. The summed E-state index contributed by atoms with van der Waals surface area (Å²) in [7, 11) is 0. The van der Waals surface area contributed by atoms with Gasteiger partial charge in [0.05, 0.1) is 0 Å². The molecule has 6 N–H and O–H groups in total. The molecule has 2 aromatic carbocycles. The molecule has 0 unspecified atom stereocenters. The van der Waals surface area contributed by atoms with Crippen LogP contribution < -0.4 is 10.6 Å². The van der Waals surface area contributed by atoms with Crippen LogP contribution in [0.3, 0.4) is 0 Å². The maximum absolute atomic E-state index is 12.1. The molecular formula is C23H23N3O6. The minimum Gasteiger partial charge on any atom is -0.504 e. The molecule has 166 valence electrons. The van der Waals surface area contributed by atoms with E-state index in [9.17, 15) is 35.3 Å². The molecule has 0 spiro atoms. The molecule has 0 aliphatic rings. The van der Waals surface area contributed by atoms with Crippen molar-refractivity contribution in [3.05, 3.63) is 58.7 Å². The van der Waals surface area contributed by atoms with Gasteiger partial charge < -0.3 is 31.1 Å². The van der Waals surface area contributed by atoms with Gasteiger partial charge in [0, 0.05) is 18.7 Å². The highest BCUT2D eigenvalue weighted by Gasteiger charge is 2.10. The first kappa shape index (κ1) is 23.8. The Morgan fingerprint density at radius 2 is 1.34 bits per heavy atom. The van der Waals surface area contributed by atoms with E-state index in [2.05, 4.69) is 10.6 Å². The first-order valence-electron chi connectivity index (χ1n) is 9.61. The summed E-state index contributed by atoms with van der Waals surface area (Å²) in [6, 6.07) is 9.92. The van der Waals surface area contributed by atoms with Gasteiger partial charge in [-0.15, -0.1) is 0 Å². The van der Waals surface area contributed by atoms with Gasteiger partial charge in [-0.05, 0) is 60.9 Å². The van der Waals surface area contributed by atoms with Crippen molar-refractivity contribution in [2.45, 2.75) is 13.3 Å². The molecule has 0 aromatic heterocycles.